The lowest BCUT2D eigenvalue weighted by molar-refractivity contribution is -0.121. The van der Waals surface area contributed by atoms with E-state index in [1.165, 1.54) is 0 Å². The van der Waals surface area contributed by atoms with Crippen LogP contribution in [0.15, 0.2) is 48.5 Å². The second-order valence-corrected chi connectivity index (χ2v) is 6.67. The Morgan fingerprint density at radius 1 is 1.00 bits per heavy atom. The molecule has 2 aromatic carbocycles. The van der Waals surface area contributed by atoms with Gasteiger partial charge < -0.3 is 21.7 Å². The van der Waals surface area contributed by atoms with Gasteiger partial charge in [0, 0.05) is 23.7 Å². The van der Waals surface area contributed by atoms with E-state index < -0.39 is 12.1 Å². The van der Waals surface area contributed by atoms with E-state index in [4.69, 9.17) is 17.3 Å². The Labute approximate surface area is 168 Å². The van der Waals surface area contributed by atoms with Crippen LogP contribution in [-0.4, -0.2) is 30.9 Å². The lowest BCUT2D eigenvalue weighted by Crippen LogP contribution is -2.39. The number of carbonyl (C=O) groups is 3. The Bertz CT molecular complexity index is 840. The summed E-state index contributed by atoms with van der Waals surface area (Å²) in [5, 5.41) is 8.59. The molecule has 7 nitrogen and oxygen atoms in total. The molecule has 0 heterocycles. The van der Waals surface area contributed by atoms with Gasteiger partial charge >= 0.3 is 6.03 Å². The number of benzene rings is 2. The first-order chi connectivity index (χ1) is 13.4. The third kappa shape index (κ3) is 6.59. The zero-order valence-corrected chi connectivity index (χ0v) is 16.3. The van der Waals surface area contributed by atoms with Gasteiger partial charge in [-0.3, -0.25) is 9.59 Å². The second-order valence-electron chi connectivity index (χ2n) is 6.23. The Balaban J connectivity index is 1.82. The van der Waals surface area contributed by atoms with Crippen LogP contribution in [0.1, 0.15) is 33.9 Å². The highest BCUT2D eigenvalue weighted by Gasteiger charge is 2.18. The third-order valence-corrected chi connectivity index (χ3v) is 4.36. The highest BCUT2D eigenvalue weighted by atomic mass is 35.5. The molecule has 0 aliphatic carbocycles. The molecular formula is C20H23ClN4O3. The van der Waals surface area contributed by atoms with Gasteiger partial charge in [-0.25, -0.2) is 4.79 Å². The van der Waals surface area contributed by atoms with Gasteiger partial charge in [0.1, 0.15) is 0 Å². The molecule has 2 rings (SSSR count). The van der Waals surface area contributed by atoms with Gasteiger partial charge in [-0.2, -0.15) is 0 Å². The van der Waals surface area contributed by atoms with Crippen molar-refractivity contribution in [3.8, 4) is 0 Å². The van der Waals surface area contributed by atoms with Gasteiger partial charge in [-0.05, 0) is 42.3 Å². The normalized spacial score (nSPS) is 11.4. The monoisotopic (exact) mass is 402 g/mol. The Morgan fingerprint density at radius 3 is 2.29 bits per heavy atom. The predicted octanol–water partition coefficient (Wildman–Crippen LogP) is 2.29. The van der Waals surface area contributed by atoms with Crippen molar-refractivity contribution in [2.24, 2.45) is 5.73 Å². The van der Waals surface area contributed by atoms with Crippen LogP contribution < -0.4 is 21.7 Å². The highest BCUT2D eigenvalue weighted by Crippen LogP contribution is 2.20. The number of carbonyl (C=O) groups excluding carboxylic acids is 3. The number of rotatable bonds is 8. The SMILES string of the molecule is Cc1ccccc1[C@H](CC(=O)NCCNC(=O)c1ccc(Cl)cc1)NC(N)=O. The molecular weight excluding hydrogens is 380 g/mol. The molecule has 2 aromatic rings. The topological polar surface area (TPSA) is 113 Å². The zero-order valence-electron chi connectivity index (χ0n) is 15.5. The van der Waals surface area contributed by atoms with Crippen molar-refractivity contribution < 1.29 is 14.4 Å². The first-order valence-electron chi connectivity index (χ1n) is 8.79. The third-order valence-electron chi connectivity index (χ3n) is 4.11. The van der Waals surface area contributed by atoms with Crippen molar-refractivity contribution in [3.63, 3.8) is 0 Å². The summed E-state index contributed by atoms with van der Waals surface area (Å²) in [5.41, 5.74) is 7.50. The van der Waals surface area contributed by atoms with Gasteiger partial charge in [0.2, 0.25) is 5.91 Å². The number of nitrogens with one attached hydrogen (secondary N) is 3. The van der Waals surface area contributed by atoms with Gasteiger partial charge in [0.25, 0.3) is 5.91 Å². The summed E-state index contributed by atoms with van der Waals surface area (Å²) in [6, 6.07) is 12.7. The number of nitrogens with two attached hydrogens (primary N) is 1. The molecule has 8 heteroatoms. The molecule has 1 atom stereocenters. The number of aryl methyl sites for hydroxylation is 1. The molecule has 5 N–H and O–H groups in total. The zero-order chi connectivity index (χ0) is 20.5. The van der Waals surface area contributed by atoms with Crippen LogP contribution in [0.4, 0.5) is 4.79 Å². The molecule has 0 radical (unpaired) electrons. The van der Waals surface area contributed by atoms with Crippen LogP contribution in [0.3, 0.4) is 0 Å². The van der Waals surface area contributed by atoms with Gasteiger partial charge in [0.05, 0.1) is 12.5 Å². The van der Waals surface area contributed by atoms with E-state index in [0.29, 0.717) is 10.6 Å². The van der Waals surface area contributed by atoms with Crippen molar-refractivity contribution in [3.05, 3.63) is 70.2 Å². The van der Waals surface area contributed by atoms with E-state index in [-0.39, 0.29) is 31.3 Å². The minimum absolute atomic E-state index is 0.0406. The van der Waals surface area contributed by atoms with E-state index in [9.17, 15) is 14.4 Å². The molecule has 28 heavy (non-hydrogen) atoms. The summed E-state index contributed by atoms with van der Waals surface area (Å²) in [4.78, 5) is 35.5. The van der Waals surface area contributed by atoms with E-state index in [0.717, 1.165) is 11.1 Å². The fourth-order valence-electron chi connectivity index (χ4n) is 2.73. The van der Waals surface area contributed by atoms with Crippen molar-refractivity contribution in [2.75, 3.05) is 13.1 Å². The fourth-order valence-corrected chi connectivity index (χ4v) is 2.85. The maximum absolute atomic E-state index is 12.2. The van der Waals surface area contributed by atoms with Crippen LogP contribution in [0.25, 0.3) is 0 Å². The van der Waals surface area contributed by atoms with E-state index >= 15 is 0 Å². The van der Waals surface area contributed by atoms with Crippen molar-refractivity contribution in [2.45, 2.75) is 19.4 Å². The lowest BCUT2D eigenvalue weighted by Gasteiger charge is -2.19. The number of hydrogen-bond donors (Lipinski definition) is 4. The van der Waals surface area contributed by atoms with Crippen LogP contribution in [0, 0.1) is 6.92 Å². The number of amides is 4. The van der Waals surface area contributed by atoms with Crippen LogP contribution >= 0.6 is 11.6 Å². The van der Waals surface area contributed by atoms with E-state index in [1.54, 1.807) is 24.3 Å². The fraction of sp³-hybridized carbons (Fsp3) is 0.250. The Morgan fingerprint density at radius 2 is 1.64 bits per heavy atom. The summed E-state index contributed by atoms with van der Waals surface area (Å²) in [7, 11) is 0. The largest absolute Gasteiger partial charge is 0.354 e. The van der Waals surface area contributed by atoms with Crippen molar-refractivity contribution in [1.29, 1.82) is 0 Å². The van der Waals surface area contributed by atoms with E-state index in [2.05, 4.69) is 16.0 Å². The molecule has 148 valence electrons. The smallest absolute Gasteiger partial charge is 0.312 e. The lowest BCUT2D eigenvalue weighted by atomic mass is 9.98. The Hall–Kier alpha value is -3.06. The average molecular weight is 403 g/mol. The Kier molecular flexibility index (Phi) is 7.83. The van der Waals surface area contributed by atoms with E-state index in [1.807, 2.05) is 31.2 Å². The summed E-state index contributed by atoms with van der Waals surface area (Å²) in [5.74, 6) is -0.512. The van der Waals surface area contributed by atoms with Gasteiger partial charge in [-0.15, -0.1) is 0 Å². The first-order valence-corrected chi connectivity index (χ1v) is 9.16. The number of urea groups is 1. The minimum atomic E-state index is -0.698. The maximum Gasteiger partial charge on any atom is 0.312 e. The molecule has 0 unspecified atom stereocenters. The average Bonchev–Trinajstić information content (AvgIpc) is 2.65. The second kappa shape index (κ2) is 10.3. The van der Waals surface area contributed by atoms with Crippen molar-refractivity contribution in [1.82, 2.24) is 16.0 Å². The molecule has 0 aliphatic rings. The number of primary amides is 1. The highest BCUT2D eigenvalue weighted by molar-refractivity contribution is 6.30. The van der Waals surface area contributed by atoms with Crippen LogP contribution in [0.2, 0.25) is 5.02 Å². The number of halogens is 1. The quantitative estimate of drug-likeness (QED) is 0.508. The molecule has 0 aromatic heterocycles. The summed E-state index contributed by atoms with van der Waals surface area (Å²) >= 11 is 5.79. The van der Waals surface area contributed by atoms with Crippen LogP contribution in [0.5, 0.6) is 0 Å². The molecule has 0 bridgehead atoms. The van der Waals surface area contributed by atoms with Gasteiger partial charge in [-0.1, -0.05) is 35.9 Å². The summed E-state index contributed by atoms with van der Waals surface area (Å²) < 4.78 is 0. The molecule has 0 aliphatic heterocycles. The number of hydrogen-bond acceptors (Lipinski definition) is 3. The molecule has 0 fully saturated rings. The van der Waals surface area contributed by atoms with Crippen LogP contribution in [-0.2, 0) is 4.79 Å². The minimum Gasteiger partial charge on any atom is -0.354 e. The van der Waals surface area contributed by atoms with Gasteiger partial charge in [0.15, 0.2) is 0 Å². The molecule has 0 spiro atoms. The maximum atomic E-state index is 12.2. The predicted molar refractivity (Wildman–Crippen MR) is 108 cm³/mol. The first kappa shape index (κ1) is 21.2. The standard InChI is InChI=1S/C20H23ClN4O3/c1-13-4-2-3-5-16(13)17(25-20(22)28)12-18(26)23-10-11-24-19(27)14-6-8-15(21)9-7-14/h2-9,17H,10-12H2,1H3,(H,23,26)(H,24,27)(H3,22,25,28)/t17-/m0/s1. The molecule has 0 saturated carbocycles. The molecule has 0 saturated heterocycles. The van der Waals surface area contributed by atoms with Crippen molar-refractivity contribution >= 4 is 29.4 Å². The molecule has 4 amide bonds. The summed E-state index contributed by atoms with van der Waals surface area (Å²) in [6.45, 7) is 2.43. The summed E-state index contributed by atoms with van der Waals surface area (Å²) in [6.07, 6.45) is 0.0406.